The summed E-state index contributed by atoms with van der Waals surface area (Å²) in [4.78, 5) is 24.9. The maximum absolute atomic E-state index is 12.7. The Morgan fingerprint density at radius 2 is 1.53 bits per heavy atom. The van der Waals surface area contributed by atoms with Crippen LogP contribution in [0.4, 0.5) is 0 Å². The van der Waals surface area contributed by atoms with E-state index in [0.717, 1.165) is 30.3 Å². The van der Waals surface area contributed by atoms with Gasteiger partial charge >= 0.3 is 5.97 Å². The number of carbonyl (C=O) groups is 1. The molecular formula is C30H26O15. The van der Waals surface area contributed by atoms with Crippen LogP contribution in [0.15, 0.2) is 63.8 Å². The van der Waals surface area contributed by atoms with E-state index in [4.69, 9.17) is 18.6 Å². The summed E-state index contributed by atoms with van der Waals surface area (Å²) in [6.45, 7) is -0.614. The highest BCUT2D eigenvalue weighted by Crippen LogP contribution is 2.43. The first-order valence-corrected chi connectivity index (χ1v) is 13.1. The average molecular weight is 627 g/mol. The highest BCUT2D eigenvalue weighted by atomic mass is 16.7. The molecule has 5 atom stereocenters. The quantitative estimate of drug-likeness (QED) is 0.0791. The zero-order valence-corrected chi connectivity index (χ0v) is 22.8. The molecule has 0 radical (unpaired) electrons. The van der Waals surface area contributed by atoms with Gasteiger partial charge in [-0.1, -0.05) is 12.1 Å². The molecule has 3 aromatic carbocycles. The van der Waals surface area contributed by atoms with Crippen molar-refractivity contribution in [2.24, 2.45) is 0 Å². The van der Waals surface area contributed by atoms with Gasteiger partial charge in [0, 0.05) is 23.8 Å². The van der Waals surface area contributed by atoms with E-state index in [1.165, 1.54) is 18.2 Å². The number of hydrogen-bond acceptors (Lipinski definition) is 15. The van der Waals surface area contributed by atoms with Gasteiger partial charge in [-0.05, 0) is 35.9 Å². The van der Waals surface area contributed by atoms with Gasteiger partial charge in [0.1, 0.15) is 59.2 Å². The van der Waals surface area contributed by atoms with Crippen LogP contribution in [-0.4, -0.2) is 89.2 Å². The molecule has 1 aliphatic heterocycles. The molecule has 1 aromatic heterocycles. The third-order valence-electron chi connectivity index (χ3n) is 6.86. The molecule has 1 saturated heterocycles. The molecular weight excluding hydrogens is 600 g/mol. The zero-order valence-electron chi connectivity index (χ0n) is 22.8. The van der Waals surface area contributed by atoms with Gasteiger partial charge < -0.3 is 64.6 Å². The lowest BCUT2D eigenvalue weighted by Crippen LogP contribution is -2.60. The van der Waals surface area contributed by atoms with Gasteiger partial charge in [-0.15, -0.1) is 0 Å². The van der Waals surface area contributed by atoms with Gasteiger partial charge in [0.05, 0.1) is 0 Å². The molecule has 0 spiro atoms. The minimum Gasteiger partial charge on any atom is -0.508 e. The largest absolute Gasteiger partial charge is 0.508 e. The fourth-order valence-corrected chi connectivity index (χ4v) is 4.52. The second-order valence-electron chi connectivity index (χ2n) is 9.98. The number of aromatic hydroxyl groups is 6. The van der Waals surface area contributed by atoms with Crippen LogP contribution in [0.25, 0.3) is 28.4 Å². The third kappa shape index (κ3) is 6.27. The van der Waals surface area contributed by atoms with Crippen molar-refractivity contribution in [3.63, 3.8) is 0 Å². The number of esters is 1. The van der Waals surface area contributed by atoms with Crippen LogP contribution < -0.4 is 10.2 Å². The molecule has 9 N–H and O–H groups in total. The predicted molar refractivity (Wildman–Crippen MR) is 152 cm³/mol. The standard InChI is InChI=1S/C30H26O15/c31-14-4-1-12(2-5-14)3-6-21(35)42-11-20-24(37)26(39)28(41)30(45-20)44-19-8-13(7-17(34)23(19)36)29-27(40)25(38)22-16(33)9-15(32)10-18(22)43-29/h1-10,20,24,26,28,30-34,36-37,39-41H,11H2/b6-3+/t20-,24-,26+,28-,30-/m1/s1. The van der Waals surface area contributed by atoms with Crippen molar-refractivity contribution in [1.82, 2.24) is 0 Å². The van der Waals surface area contributed by atoms with E-state index >= 15 is 0 Å². The molecule has 0 saturated carbocycles. The van der Waals surface area contributed by atoms with E-state index < -0.39 is 94.4 Å². The van der Waals surface area contributed by atoms with E-state index in [-0.39, 0.29) is 16.9 Å². The Morgan fingerprint density at radius 1 is 0.822 bits per heavy atom. The zero-order chi connectivity index (χ0) is 32.6. The Morgan fingerprint density at radius 3 is 2.24 bits per heavy atom. The van der Waals surface area contributed by atoms with Gasteiger partial charge in [0.25, 0.3) is 0 Å². The topological polar surface area (TPSA) is 257 Å². The number of fused-ring (bicyclic) bond motifs is 1. The van der Waals surface area contributed by atoms with Crippen molar-refractivity contribution in [3.05, 3.63) is 70.4 Å². The van der Waals surface area contributed by atoms with Crippen molar-refractivity contribution >= 4 is 23.0 Å². The minimum absolute atomic E-state index is 0.0339. The van der Waals surface area contributed by atoms with Crippen LogP contribution in [0.3, 0.4) is 0 Å². The summed E-state index contributed by atoms with van der Waals surface area (Å²) in [5.74, 6) is -5.87. The van der Waals surface area contributed by atoms with E-state index in [2.05, 4.69) is 0 Å². The van der Waals surface area contributed by atoms with E-state index in [1.807, 2.05) is 0 Å². The molecule has 0 amide bonds. The number of benzene rings is 3. The summed E-state index contributed by atoms with van der Waals surface area (Å²) < 4.78 is 21.6. The lowest BCUT2D eigenvalue weighted by molar-refractivity contribution is -0.278. The van der Waals surface area contributed by atoms with Crippen molar-refractivity contribution in [3.8, 4) is 51.6 Å². The molecule has 1 fully saturated rings. The lowest BCUT2D eigenvalue weighted by Gasteiger charge is -2.39. The first-order valence-electron chi connectivity index (χ1n) is 13.1. The Kier molecular flexibility index (Phi) is 8.43. The van der Waals surface area contributed by atoms with Crippen molar-refractivity contribution < 1.29 is 69.4 Å². The van der Waals surface area contributed by atoms with Crippen LogP contribution in [-0.2, 0) is 14.3 Å². The number of aliphatic hydroxyl groups excluding tert-OH is 3. The summed E-state index contributed by atoms with van der Waals surface area (Å²) >= 11 is 0. The molecule has 15 nitrogen and oxygen atoms in total. The van der Waals surface area contributed by atoms with Crippen LogP contribution in [0.2, 0.25) is 0 Å². The minimum atomic E-state index is -1.93. The summed E-state index contributed by atoms with van der Waals surface area (Å²) in [6, 6.07) is 9.62. The Hall–Kier alpha value is -5.48. The fourth-order valence-electron chi connectivity index (χ4n) is 4.52. The average Bonchev–Trinajstić information content (AvgIpc) is 3.00. The second kappa shape index (κ2) is 12.3. The lowest BCUT2D eigenvalue weighted by atomic mass is 9.99. The predicted octanol–water partition coefficient (Wildman–Crippen LogP) is 1.14. The van der Waals surface area contributed by atoms with Gasteiger partial charge in [-0.2, -0.15) is 0 Å². The number of hydrogen-bond donors (Lipinski definition) is 9. The molecule has 2 heterocycles. The van der Waals surface area contributed by atoms with Crippen LogP contribution in [0.1, 0.15) is 5.56 Å². The maximum Gasteiger partial charge on any atom is 0.330 e. The maximum atomic E-state index is 12.7. The number of phenolic OH excluding ortho intramolecular Hbond substituents is 5. The fraction of sp³-hybridized carbons (Fsp3) is 0.200. The molecule has 1 aliphatic rings. The van der Waals surface area contributed by atoms with Crippen LogP contribution in [0.5, 0.6) is 40.2 Å². The van der Waals surface area contributed by atoms with E-state index in [0.29, 0.717) is 5.56 Å². The highest BCUT2D eigenvalue weighted by Gasteiger charge is 2.46. The van der Waals surface area contributed by atoms with Crippen LogP contribution in [0, 0.1) is 0 Å². The Labute approximate surface area is 251 Å². The Bertz CT molecular complexity index is 1830. The van der Waals surface area contributed by atoms with Crippen LogP contribution >= 0.6 is 0 Å². The summed E-state index contributed by atoms with van der Waals surface area (Å²) in [6.07, 6.45) is -6.37. The Balaban J connectivity index is 1.37. The third-order valence-corrected chi connectivity index (χ3v) is 6.86. The van der Waals surface area contributed by atoms with Gasteiger partial charge in [-0.25, -0.2) is 4.79 Å². The highest BCUT2D eigenvalue weighted by molar-refractivity contribution is 5.88. The van der Waals surface area contributed by atoms with Gasteiger partial charge in [0.2, 0.25) is 23.2 Å². The molecule has 4 aromatic rings. The molecule has 15 heteroatoms. The van der Waals surface area contributed by atoms with Crippen molar-refractivity contribution in [1.29, 1.82) is 0 Å². The summed E-state index contributed by atoms with van der Waals surface area (Å²) in [7, 11) is 0. The van der Waals surface area contributed by atoms with Crippen molar-refractivity contribution in [2.45, 2.75) is 30.7 Å². The molecule has 0 unspecified atom stereocenters. The van der Waals surface area contributed by atoms with Gasteiger partial charge in [-0.3, -0.25) is 4.79 Å². The molecule has 5 rings (SSSR count). The van der Waals surface area contributed by atoms with E-state index in [1.54, 1.807) is 12.1 Å². The number of carbonyl (C=O) groups excluding carboxylic acids is 1. The first kappa shape index (κ1) is 31.0. The van der Waals surface area contributed by atoms with Gasteiger partial charge in [0.15, 0.2) is 17.3 Å². The normalized spacial score (nSPS) is 21.6. The van der Waals surface area contributed by atoms with Crippen molar-refractivity contribution in [2.75, 3.05) is 6.61 Å². The second-order valence-corrected chi connectivity index (χ2v) is 9.98. The summed E-state index contributed by atoms with van der Waals surface area (Å²) in [5.41, 5.74) is -1.10. The molecule has 0 aliphatic carbocycles. The first-order chi connectivity index (χ1) is 21.3. The summed E-state index contributed by atoms with van der Waals surface area (Å²) in [5, 5.41) is 91.3. The monoisotopic (exact) mass is 626 g/mol. The number of aliphatic hydroxyl groups is 3. The molecule has 0 bridgehead atoms. The van der Waals surface area contributed by atoms with E-state index in [9.17, 15) is 55.5 Å². The number of phenols is 5. The SMILES string of the molecule is O=C(/C=C/c1ccc(O)cc1)OC[C@H]1O[C@@H](Oc2cc(-c3oc4cc(O)cc(O)c4c(=O)c3O)cc(O)c2O)[C@H](O)[C@@H](O)[C@@H]1O. The molecule has 236 valence electrons. The molecule has 45 heavy (non-hydrogen) atoms. The smallest absolute Gasteiger partial charge is 0.330 e. The number of rotatable bonds is 7. The number of ether oxygens (including phenoxy) is 3.